The second-order valence-corrected chi connectivity index (χ2v) is 10.8. The van der Waals surface area contributed by atoms with Crippen LogP contribution in [0.25, 0.3) is 0 Å². The summed E-state index contributed by atoms with van der Waals surface area (Å²) in [6, 6.07) is 7.22. The lowest BCUT2D eigenvalue weighted by atomic mass is 10.1. The Hall–Kier alpha value is -3.37. The Bertz CT molecular complexity index is 1410. The SMILES string of the molecule is CC(C)OC(=O)NS(=O)(=O)/N=C(\Cc1cccc(C(F)(F)F)c1)NC(=O)NS(=O)(=O)c1ccccc1Cl. The number of ether oxygens (including phenoxy) is 1. The molecule has 0 saturated carbocycles. The normalized spacial score (nSPS) is 12.7. The van der Waals surface area contributed by atoms with Crippen LogP contribution in [-0.4, -0.2) is 40.9 Å². The molecule has 17 heteroatoms. The van der Waals surface area contributed by atoms with Crippen LogP contribution in [-0.2, 0) is 37.6 Å². The molecule has 0 aromatic heterocycles. The minimum atomic E-state index is -4.90. The van der Waals surface area contributed by atoms with E-state index in [0.717, 1.165) is 18.2 Å². The number of sulfonamides is 1. The summed E-state index contributed by atoms with van der Waals surface area (Å²) in [6.45, 7) is 2.86. The highest BCUT2D eigenvalue weighted by Gasteiger charge is 2.30. The minimum absolute atomic E-state index is 0.150. The zero-order valence-corrected chi connectivity index (χ0v) is 21.4. The van der Waals surface area contributed by atoms with Crippen molar-refractivity contribution in [2.45, 2.75) is 37.4 Å². The molecule has 0 heterocycles. The van der Waals surface area contributed by atoms with E-state index in [1.165, 1.54) is 42.8 Å². The van der Waals surface area contributed by atoms with E-state index in [1.54, 1.807) is 4.72 Å². The predicted molar refractivity (Wildman–Crippen MR) is 127 cm³/mol. The van der Waals surface area contributed by atoms with Crippen molar-refractivity contribution >= 4 is 49.8 Å². The average molecular weight is 585 g/mol. The van der Waals surface area contributed by atoms with E-state index in [-0.39, 0.29) is 10.6 Å². The van der Waals surface area contributed by atoms with Gasteiger partial charge in [0.2, 0.25) is 0 Å². The Labute approximate surface area is 215 Å². The topological polar surface area (TPSA) is 160 Å². The molecule has 0 spiro atoms. The number of alkyl halides is 3. The van der Waals surface area contributed by atoms with Crippen LogP contribution in [0.4, 0.5) is 22.8 Å². The molecule has 0 aliphatic rings. The molecule has 0 aliphatic heterocycles. The van der Waals surface area contributed by atoms with Gasteiger partial charge in [-0.05, 0) is 37.6 Å². The number of urea groups is 1. The van der Waals surface area contributed by atoms with Crippen molar-refractivity contribution in [3.63, 3.8) is 0 Å². The minimum Gasteiger partial charge on any atom is -0.446 e. The molecule has 0 radical (unpaired) electrons. The lowest BCUT2D eigenvalue weighted by Crippen LogP contribution is -2.44. The molecule has 0 atom stereocenters. The summed E-state index contributed by atoms with van der Waals surface area (Å²) in [4.78, 5) is 23.6. The fraction of sp³-hybridized carbons (Fsp3) is 0.250. The van der Waals surface area contributed by atoms with Crippen molar-refractivity contribution in [1.29, 1.82) is 0 Å². The molecule has 0 bridgehead atoms. The predicted octanol–water partition coefficient (Wildman–Crippen LogP) is 3.37. The number of hydrogen-bond acceptors (Lipinski definition) is 7. The molecular formula is C20H20ClF3N4O7S2. The Morgan fingerprint density at radius 2 is 1.68 bits per heavy atom. The van der Waals surface area contributed by atoms with Crippen LogP contribution in [0.2, 0.25) is 5.02 Å². The van der Waals surface area contributed by atoms with Crippen LogP contribution in [0, 0.1) is 0 Å². The molecule has 2 rings (SSSR count). The monoisotopic (exact) mass is 584 g/mol. The first-order chi connectivity index (χ1) is 17.0. The van der Waals surface area contributed by atoms with Gasteiger partial charge in [-0.1, -0.05) is 41.9 Å². The quantitative estimate of drug-likeness (QED) is 0.332. The standard InChI is InChI=1S/C20H20ClF3N4O7S2/c1-12(2)35-19(30)28-37(33,34)26-17(11-13-6-5-7-14(10-13)20(22,23)24)25-18(29)27-36(31,32)16-9-4-3-8-15(16)21/h3-10,12H,11H2,1-2H3,(H,28,30)(H2,25,26,27,29). The summed E-state index contributed by atoms with van der Waals surface area (Å²) in [6.07, 6.45) is -7.57. The van der Waals surface area contributed by atoms with Gasteiger partial charge in [-0.3, -0.25) is 5.32 Å². The fourth-order valence-electron chi connectivity index (χ4n) is 2.66. The van der Waals surface area contributed by atoms with Crippen molar-refractivity contribution in [2.75, 3.05) is 0 Å². The molecule has 0 fully saturated rings. The Balaban J connectivity index is 2.37. The van der Waals surface area contributed by atoms with Gasteiger partial charge in [-0.2, -0.15) is 26.3 Å². The van der Waals surface area contributed by atoms with Crippen LogP contribution in [0.15, 0.2) is 57.8 Å². The van der Waals surface area contributed by atoms with Gasteiger partial charge >= 0.3 is 28.5 Å². The number of carbonyl (C=O) groups is 2. The Morgan fingerprint density at radius 1 is 1.03 bits per heavy atom. The summed E-state index contributed by atoms with van der Waals surface area (Å²) in [5, 5.41) is 1.64. The Kier molecular flexibility index (Phi) is 9.51. The maximum absolute atomic E-state index is 13.1. The summed E-state index contributed by atoms with van der Waals surface area (Å²) < 4.78 is 99.6. The highest BCUT2D eigenvalue weighted by atomic mass is 35.5. The van der Waals surface area contributed by atoms with Gasteiger partial charge in [0.05, 0.1) is 16.7 Å². The number of rotatable bonds is 7. The van der Waals surface area contributed by atoms with E-state index in [4.69, 9.17) is 11.6 Å². The maximum Gasteiger partial charge on any atom is 0.422 e. The molecule has 3 amide bonds. The van der Waals surface area contributed by atoms with Crippen LogP contribution < -0.4 is 14.8 Å². The van der Waals surface area contributed by atoms with Gasteiger partial charge < -0.3 is 4.74 Å². The number of carbonyl (C=O) groups excluding carboxylic acids is 2. The molecule has 2 aromatic carbocycles. The highest BCUT2D eigenvalue weighted by Crippen LogP contribution is 2.29. The summed E-state index contributed by atoms with van der Waals surface area (Å²) in [5.41, 5.74) is -1.22. The number of hydrogen-bond donors (Lipinski definition) is 3. The van der Waals surface area contributed by atoms with Gasteiger partial charge in [0.15, 0.2) is 0 Å². The van der Waals surface area contributed by atoms with Crippen LogP contribution in [0.5, 0.6) is 0 Å². The number of amidine groups is 1. The number of nitrogens with one attached hydrogen (secondary N) is 3. The zero-order chi connectivity index (χ0) is 28.0. The van der Waals surface area contributed by atoms with Crippen molar-refractivity contribution in [1.82, 2.24) is 14.8 Å². The number of halogens is 4. The van der Waals surface area contributed by atoms with Gasteiger partial charge in [0.25, 0.3) is 10.0 Å². The molecular weight excluding hydrogens is 565 g/mol. The third-order valence-electron chi connectivity index (χ3n) is 4.02. The van der Waals surface area contributed by atoms with E-state index < -0.39 is 67.4 Å². The maximum atomic E-state index is 13.1. The molecule has 37 heavy (non-hydrogen) atoms. The van der Waals surface area contributed by atoms with Gasteiger partial charge in [-0.25, -0.2) is 22.7 Å². The van der Waals surface area contributed by atoms with Gasteiger partial charge in [0, 0.05) is 6.42 Å². The van der Waals surface area contributed by atoms with Gasteiger partial charge in [-0.15, -0.1) is 4.40 Å². The van der Waals surface area contributed by atoms with Crippen molar-refractivity contribution in [2.24, 2.45) is 4.40 Å². The van der Waals surface area contributed by atoms with E-state index in [0.29, 0.717) is 6.07 Å². The molecule has 3 N–H and O–H groups in total. The average Bonchev–Trinajstić information content (AvgIpc) is 2.71. The molecule has 2 aromatic rings. The van der Waals surface area contributed by atoms with Crippen molar-refractivity contribution in [3.05, 3.63) is 64.7 Å². The van der Waals surface area contributed by atoms with E-state index in [2.05, 4.69) is 9.13 Å². The molecule has 0 unspecified atom stereocenters. The lowest BCUT2D eigenvalue weighted by molar-refractivity contribution is -0.137. The zero-order valence-electron chi connectivity index (χ0n) is 19.0. The van der Waals surface area contributed by atoms with Crippen molar-refractivity contribution in [3.8, 4) is 0 Å². The van der Waals surface area contributed by atoms with E-state index in [9.17, 15) is 39.6 Å². The first kappa shape index (κ1) is 29.9. The second kappa shape index (κ2) is 11.8. The first-order valence-electron chi connectivity index (χ1n) is 10.0. The van der Waals surface area contributed by atoms with Gasteiger partial charge in [0.1, 0.15) is 10.7 Å². The van der Waals surface area contributed by atoms with Crippen LogP contribution in [0.1, 0.15) is 25.0 Å². The highest BCUT2D eigenvalue weighted by molar-refractivity contribution is 7.90. The van der Waals surface area contributed by atoms with E-state index in [1.807, 2.05) is 5.32 Å². The number of amides is 3. The first-order valence-corrected chi connectivity index (χ1v) is 13.4. The van der Waals surface area contributed by atoms with Crippen LogP contribution in [0.3, 0.4) is 0 Å². The molecule has 0 saturated heterocycles. The van der Waals surface area contributed by atoms with E-state index >= 15 is 0 Å². The second-order valence-electron chi connectivity index (χ2n) is 7.43. The number of nitrogens with zero attached hydrogens (tertiary/aromatic N) is 1. The largest absolute Gasteiger partial charge is 0.446 e. The summed E-state index contributed by atoms with van der Waals surface area (Å²) in [7, 11) is -9.45. The van der Waals surface area contributed by atoms with Crippen molar-refractivity contribution < 1.29 is 44.3 Å². The third kappa shape index (κ3) is 9.55. The lowest BCUT2D eigenvalue weighted by Gasteiger charge is -2.13. The Morgan fingerprint density at radius 3 is 2.27 bits per heavy atom. The smallest absolute Gasteiger partial charge is 0.422 e. The number of benzene rings is 2. The molecule has 0 aliphatic carbocycles. The molecule has 11 nitrogen and oxygen atoms in total. The molecule has 202 valence electrons. The van der Waals surface area contributed by atoms with Crippen LogP contribution >= 0.6 is 11.6 Å². The fourth-order valence-corrected chi connectivity index (χ4v) is 4.79. The summed E-state index contributed by atoms with van der Waals surface area (Å²) >= 11 is 5.83. The third-order valence-corrected chi connectivity index (χ3v) is 6.74. The summed E-state index contributed by atoms with van der Waals surface area (Å²) in [5.74, 6) is -0.823.